The number of allylic oxidation sites excluding steroid dienone is 4. The molecule has 2 rings (SSSR count). The van der Waals surface area contributed by atoms with E-state index in [-0.39, 0.29) is 11.7 Å². The van der Waals surface area contributed by atoms with E-state index >= 15 is 0 Å². The molecule has 74 valence electrons. The van der Waals surface area contributed by atoms with E-state index in [0.717, 1.165) is 18.5 Å². The molecule has 3 heteroatoms. The van der Waals surface area contributed by atoms with Crippen LogP contribution in [-0.2, 0) is 9.59 Å². The van der Waals surface area contributed by atoms with E-state index in [9.17, 15) is 9.59 Å². The van der Waals surface area contributed by atoms with Gasteiger partial charge in [-0.15, -0.1) is 0 Å². The Morgan fingerprint density at radius 2 is 2.29 bits per heavy atom. The van der Waals surface area contributed by atoms with E-state index in [1.807, 2.05) is 6.08 Å². The molecule has 1 aliphatic heterocycles. The van der Waals surface area contributed by atoms with Crippen LogP contribution >= 0.6 is 0 Å². The number of rotatable bonds is 2. The molecule has 1 aliphatic carbocycles. The van der Waals surface area contributed by atoms with Crippen molar-refractivity contribution in [3.8, 4) is 0 Å². The molecular weight excluding hydrogens is 178 g/mol. The maximum absolute atomic E-state index is 11.3. The van der Waals surface area contributed by atoms with E-state index in [2.05, 4.69) is 18.3 Å². The highest BCUT2D eigenvalue weighted by Gasteiger charge is 2.37. The molecule has 0 radical (unpaired) electrons. The number of Topliss-reactive ketones (excluding diaryl/α,β-unsaturated/α-hetero) is 1. The third-order valence-electron chi connectivity index (χ3n) is 2.67. The second-order valence-electron chi connectivity index (χ2n) is 3.74. The molecule has 1 amide bonds. The fraction of sp³-hybridized carbons (Fsp3) is 0.455. The summed E-state index contributed by atoms with van der Waals surface area (Å²) in [6.07, 6.45) is 6.79. The van der Waals surface area contributed by atoms with Gasteiger partial charge in [0.2, 0.25) is 5.78 Å². The number of ketones is 1. The van der Waals surface area contributed by atoms with Gasteiger partial charge in [-0.25, -0.2) is 0 Å². The zero-order valence-electron chi connectivity index (χ0n) is 8.17. The highest BCUT2D eigenvalue weighted by atomic mass is 16.2. The average molecular weight is 191 g/mol. The van der Waals surface area contributed by atoms with Crippen molar-refractivity contribution in [2.24, 2.45) is 5.92 Å². The van der Waals surface area contributed by atoms with Crippen molar-refractivity contribution in [3.63, 3.8) is 0 Å². The lowest BCUT2D eigenvalue weighted by Gasteiger charge is -2.13. The third kappa shape index (κ3) is 1.39. The minimum Gasteiger partial charge on any atom is -0.322 e. The molecule has 0 aromatic heterocycles. The van der Waals surface area contributed by atoms with Gasteiger partial charge in [0.05, 0.1) is 5.92 Å². The largest absolute Gasteiger partial charge is 0.322 e. The molecule has 0 aromatic carbocycles. The van der Waals surface area contributed by atoms with Gasteiger partial charge in [0.1, 0.15) is 0 Å². The van der Waals surface area contributed by atoms with Gasteiger partial charge < -0.3 is 5.32 Å². The van der Waals surface area contributed by atoms with Crippen LogP contribution in [0.4, 0.5) is 0 Å². The van der Waals surface area contributed by atoms with E-state index < -0.39 is 5.91 Å². The maximum Gasteiger partial charge on any atom is 0.292 e. The van der Waals surface area contributed by atoms with Crippen molar-refractivity contribution in [2.75, 3.05) is 0 Å². The molecule has 1 saturated heterocycles. The van der Waals surface area contributed by atoms with Crippen LogP contribution in [0.1, 0.15) is 26.2 Å². The van der Waals surface area contributed by atoms with Crippen LogP contribution in [0.25, 0.3) is 0 Å². The van der Waals surface area contributed by atoms with Crippen LogP contribution in [0.2, 0.25) is 0 Å². The molecule has 1 unspecified atom stereocenters. The Morgan fingerprint density at radius 1 is 1.50 bits per heavy atom. The summed E-state index contributed by atoms with van der Waals surface area (Å²) in [7, 11) is 0. The molecule has 1 heterocycles. The Morgan fingerprint density at radius 3 is 3.00 bits per heavy atom. The Kier molecular flexibility index (Phi) is 2.23. The maximum atomic E-state index is 11.3. The SMILES string of the molecule is CCCC1=CCC2C(=O)C(=O)NC2=C1. The van der Waals surface area contributed by atoms with Crippen LogP contribution < -0.4 is 5.32 Å². The standard InChI is InChI=1S/C11H13NO2/c1-2-3-7-4-5-8-9(6-7)12-11(14)10(8)13/h4,6,8H,2-3,5H2,1H3,(H,12,14). The molecule has 0 aromatic rings. The molecule has 2 aliphatic rings. The molecule has 0 saturated carbocycles. The van der Waals surface area contributed by atoms with Gasteiger partial charge in [-0.2, -0.15) is 0 Å². The number of hydrogen-bond donors (Lipinski definition) is 1. The van der Waals surface area contributed by atoms with Crippen LogP contribution in [0, 0.1) is 5.92 Å². The number of carbonyl (C=O) groups excluding carboxylic acids is 2. The molecular formula is C11H13NO2. The summed E-state index contributed by atoms with van der Waals surface area (Å²) in [6, 6.07) is 0. The zero-order chi connectivity index (χ0) is 10.1. The Labute approximate surface area is 82.9 Å². The number of hydrogen-bond acceptors (Lipinski definition) is 2. The fourth-order valence-electron chi connectivity index (χ4n) is 1.94. The van der Waals surface area contributed by atoms with E-state index in [0.29, 0.717) is 6.42 Å². The van der Waals surface area contributed by atoms with Crippen molar-refractivity contribution >= 4 is 11.7 Å². The van der Waals surface area contributed by atoms with Crippen molar-refractivity contribution in [3.05, 3.63) is 23.4 Å². The van der Waals surface area contributed by atoms with E-state index in [1.165, 1.54) is 5.57 Å². The van der Waals surface area contributed by atoms with Crippen molar-refractivity contribution in [1.82, 2.24) is 5.32 Å². The zero-order valence-corrected chi connectivity index (χ0v) is 8.17. The second kappa shape index (κ2) is 3.40. The van der Waals surface area contributed by atoms with E-state index in [4.69, 9.17) is 0 Å². The monoisotopic (exact) mass is 191 g/mol. The lowest BCUT2D eigenvalue weighted by Crippen LogP contribution is -2.18. The first-order chi connectivity index (χ1) is 6.72. The summed E-state index contributed by atoms with van der Waals surface area (Å²) in [6.45, 7) is 2.11. The average Bonchev–Trinajstić information content (AvgIpc) is 2.43. The van der Waals surface area contributed by atoms with Gasteiger partial charge in [-0.1, -0.05) is 25.0 Å². The predicted molar refractivity (Wildman–Crippen MR) is 52.3 cm³/mol. The van der Waals surface area contributed by atoms with Crippen molar-refractivity contribution < 1.29 is 9.59 Å². The van der Waals surface area contributed by atoms with Gasteiger partial charge in [-0.05, 0) is 18.9 Å². The quantitative estimate of drug-likeness (QED) is 0.669. The smallest absolute Gasteiger partial charge is 0.292 e. The first-order valence-electron chi connectivity index (χ1n) is 4.98. The number of amides is 1. The van der Waals surface area contributed by atoms with Gasteiger partial charge in [0.25, 0.3) is 5.91 Å². The molecule has 14 heavy (non-hydrogen) atoms. The molecule has 3 nitrogen and oxygen atoms in total. The van der Waals surface area contributed by atoms with Gasteiger partial charge in [-0.3, -0.25) is 9.59 Å². The van der Waals surface area contributed by atoms with Crippen LogP contribution in [0.5, 0.6) is 0 Å². The first kappa shape index (κ1) is 9.19. The topological polar surface area (TPSA) is 46.2 Å². The van der Waals surface area contributed by atoms with Gasteiger partial charge >= 0.3 is 0 Å². The summed E-state index contributed by atoms with van der Waals surface area (Å²) in [5.74, 6) is -0.960. The molecule has 1 fully saturated rings. The summed E-state index contributed by atoms with van der Waals surface area (Å²) in [5, 5.41) is 2.63. The number of carbonyl (C=O) groups is 2. The van der Waals surface area contributed by atoms with Crippen LogP contribution in [0.15, 0.2) is 23.4 Å². The van der Waals surface area contributed by atoms with Crippen LogP contribution in [0.3, 0.4) is 0 Å². The van der Waals surface area contributed by atoms with Crippen molar-refractivity contribution in [1.29, 1.82) is 0 Å². The summed E-state index contributed by atoms with van der Waals surface area (Å²) >= 11 is 0. The lowest BCUT2D eigenvalue weighted by molar-refractivity contribution is -0.136. The third-order valence-corrected chi connectivity index (χ3v) is 2.67. The van der Waals surface area contributed by atoms with Gasteiger partial charge in [0.15, 0.2) is 0 Å². The Balaban J connectivity index is 2.20. The minimum atomic E-state index is -0.451. The fourth-order valence-corrected chi connectivity index (χ4v) is 1.94. The number of nitrogens with one attached hydrogen (secondary N) is 1. The first-order valence-corrected chi connectivity index (χ1v) is 4.98. The highest BCUT2D eigenvalue weighted by molar-refractivity contribution is 6.40. The van der Waals surface area contributed by atoms with Crippen molar-refractivity contribution in [2.45, 2.75) is 26.2 Å². The molecule has 0 bridgehead atoms. The number of fused-ring (bicyclic) bond motifs is 1. The molecule has 0 spiro atoms. The lowest BCUT2D eigenvalue weighted by atomic mass is 9.91. The summed E-state index contributed by atoms with van der Waals surface area (Å²) < 4.78 is 0. The van der Waals surface area contributed by atoms with E-state index in [1.54, 1.807) is 0 Å². The predicted octanol–water partition coefficient (Wildman–Crippen LogP) is 1.32. The highest BCUT2D eigenvalue weighted by Crippen LogP contribution is 2.28. The normalized spacial score (nSPS) is 25.4. The molecule has 1 N–H and O–H groups in total. The summed E-state index contributed by atoms with van der Waals surface area (Å²) in [4.78, 5) is 22.4. The minimum absolute atomic E-state index is 0.219. The Bertz CT molecular complexity index is 352. The van der Waals surface area contributed by atoms with Crippen LogP contribution in [-0.4, -0.2) is 11.7 Å². The van der Waals surface area contributed by atoms with Gasteiger partial charge in [0, 0.05) is 5.70 Å². The molecule has 1 atom stereocenters. The summed E-state index contributed by atoms with van der Waals surface area (Å²) in [5.41, 5.74) is 2.03. The second-order valence-corrected chi connectivity index (χ2v) is 3.74. The Hall–Kier alpha value is -1.38.